The molecule has 11 nitrogen and oxygen atoms in total. The van der Waals surface area contributed by atoms with E-state index in [1.807, 2.05) is 6.08 Å². The molecule has 0 spiro atoms. The van der Waals surface area contributed by atoms with E-state index in [2.05, 4.69) is 5.43 Å². The molecule has 2 aliphatic carbocycles. The van der Waals surface area contributed by atoms with Crippen LogP contribution < -0.4 is 20.5 Å². The fraction of sp³-hybridized carbons (Fsp3) is 0.231. The average Bonchev–Trinajstić information content (AvgIpc) is 3.54. The van der Waals surface area contributed by atoms with Crippen LogP contribution in [0.2, 0.25) is 10.0 Å². The Morgan fingerprint density at radius 3 is 2.31 bits per heavy atom. The van der Waals surface area contributed by atoms with Crippen LogP contribution in [-0.2, 0) is 24.6 Å². The Balaban J connectivity index is 1.33. The van der Waals surface area contributed by atoms with Crippen LogP contribution in [0.4, 0.5) is 15.8 Å². The van der Waals surface area contributed by atoms with Crippen LogP contribution in [0, 0.1) is 29.5 Å². The number of rotatable bonds is 7. The van der Waals surface area contributed by atoms with E-state index in [1.165, 1.54) is 61.7 Å². The number of aromatic hydroxyl groups is 1. The SMILES string of the molecule is COc1cc(C2C3=CCC4C(=O)N(c5cccc(B(O)O)c5)C(=O)C4C3CC3C(=O)N(Nc4ccc(F)cc4)C(=O)C32c2ccc(Cl)cc2)cc(Cl)c1O. The third-order valence-corrected chi connectivity index (χ3v) is 11.8. The molecule has 6 unspecified atom stereocenters. The number of nitrogens with zero attached hydrogens (tertiary/aromatic N) is 2. The Morgan fingerprint density at radius 1 is 0.907 bits per heavy atom. The first kappa shape index (κ1) is 35.8. The van der Waals surface area contributed by atoms with Crippen LogP contribution in [0.15, 0.2) is 96.6 Å². The van der Waals surface area contributed by atoms with E-state index in [1.54, 1.807) is 30.3 Å². The molecule has 2 aliphatic heterocycles. The Bertz CT molecular complexity index is 2270. The van der Waals surface area contributed by atoms with Gasteiger partial charge in [0.2, 0.25) is 11.8 Å². The highest BCUT2D eigenvalue weighted by Gasteiger charge is 2.70. The van der Waals surface area contributed by atoms with Gasteiger partial charge in [0.25, 0.3) is 11.8 Å². The summed E-state index contributed by atoms with van der Waals surface area (Å²) >= 11 is 12.9. The van der Waals surface area contributed by atoms with Gasteiger partial charge in [-0.25, -0.2) is 4.39 Å². The summed E-state index contributed by atoms with van der Waals surface area (Å²) in [6, 6.07) is 20.7. The Kier molecular flexibility index (Phi) is 8.80. The minimum Gasteiger partial charge on any atom is -0.503 e. The first-order chi connectivity index (χ1) is 25.9. The van der Waals surface area contributed by atoms with Gasteiger partial charge in [-0.05, 0) is 96.0 Å². The van der Waals surface area contributed by atoms with Gasteiger partial charge in [-0.3, -0.25) is 29.5 Å². The molecular formula is C39H31BCl2FN3O8. The predicted octanol–water partition coefficient (Wildman–Crippen LogP) is 4.72. The molecule has 0 aromatic heterocycles. The molecule has 15 heteroatoms. The second kappa shape index (κ2) is 13.3. The van der Waals surface area contributed by atoms with Gasteiger partial charge in [-0.15, -0.1) is 0 Å². The standard InChI is InChI=1S/C39H31BCl2FN3O8/c1-54-31-16-19(15-30(42)34(31)47)33-26-13-14-27-32(37(50)45(35(27)48)25-4-2-3-21(17-25)40(52)53)28(26)18-29-36(49)46(44-24-11-9-23(43)10-12-24)38(51)39(29,33)20-5-7-22(41)8-6-20/h2-13,15-17,27-29,32-33,44,47,52-53H,14,18H2,1H3. The summed E-state index contributed by atoms with van der Waals surface area (Å²) in [4.78, 5) is 59.8. The third-order valence-electron chi connectivity index (χ3n) is 11.3. The van der Waals surface area contributed by atoms with Crippen molar-refractivity contribution >= 4 is 70.8 Å². The molecule has 1 saturated carbocycles. The van der Waals surface area contributed by atoms with Gasteiger partial charge in [-0.1, -0.05) is 59.1 Å². The smallest absolute Gasteiger partial charge is 0.488 e. The van der Waals surface area contributed by atoms with Crippen molar-refractivity contribution in [2.75, 3.05) is 17.4 Å². The highest BCUT2D eigenvalue weighted by Crippen LogP contribution is 2.64. The fourth-order valence-corrected chi connectivity index (χ4v) is 9.37. The monoisotopic (exact) mass is 769 g/mol. The Labute approximate surface area is 318 Å². The molecular weight excluding hydrogens is 739 g/mol. The molecule has 3 fully saturated rings. The summed E-state index contributed by atoms with van der Waals surface area (Å²) in [5, 5.41) is 31.7. The minimum atomic E-state index is -1.83. The number of methoxy groups -OCH3 is 1. The number of benzene rings is 4. The number of hydrogen-bond acceptors (Lipinski definition) is 9. The van der Waals surface area contributed by atoms with E-state index >= 15 is 4.79 Å². The molecule has 274 valence electrons. The van der Waals surface area contributed by atoms with Gasteiger partial charge in [0, 0.05) is 10.9 Å². The van der Waals surface area contributed by atoms with Crippen LogP contribution in [0.25, 0.3) is 0 Å². The number of halogens is 3. The van der Waals surface area contributed by atoms with Crippen molar-refractivity contribution in [1.29, 1.82) is 0 Å². The molecule has 4 aliphatic rings. The number of ether oxygens (including phenoxy) is 1. The maximum atomic E-state index is 15.3. The third kappa shape index (κ3) is 5.32. The summed E-state index contributed by atoms with van der Waals surface area (Å²) in [5.74, 6) is -7.66. The number of imide groups is 2. The second-order valence-corrected chi connectivity index (χ2v) is 14.8. The summed E-state index contributed by atoms with van der Waals surface area (Å²) in [5.41, 5.74) is 3.23. The summed E-state index contributed by atoms with van der Waals surface area (Å²) in [7, 11) is -0.484. The predicted molar refractivity (Wildman–Crippen MR) is 197 cm³/mol. The lowest BCUT2D eigenvalue weighted by atomic mass is 9.49. The van der Waals surface area contributed by atoms with Crippen molar-refractivity contribution in [2.24, 2.45) is 23.7 Å². The van der Waals surface area contributed by atoms with E-state index < -0.39 is 71.6 Å². The molecule has 2 saturated heterocycles. The number of phenolic OH excluding ortho intramolecular Hbond substituents is 1. The number of phenols is 1. The number of anilines is 2. The second-order valence-electron chi connectivity index (χ2n) is 13.9. The molecule has 4 aromatic rings. The number of hydrazine groups is 1. The van der Waals surface area contributed by atoms with Gasteiger partial charge in [0.15, 0.2) is 11.5 Å². The molecule has 4 amide bonds. The lowest BCUT2D eigenvalue weighted by Crippen LogP contribution is -2.53. The Morgan fingerprint density at radius 2 is 1.63 bits per heavy atom. The first-order valence-electron chi connectivity index (χ1n) is 17.1. The highest BCUT2D eigenvalue weighted by molar-refractivity contribution is 6.58. The average molecular weight is 770 g/mol. The number of nitrogens with one attached hydrogen (secondary N) is 1. The van der Waals surface area contributed by atoms with Crippen molar-refractivity contribution in [3.63, 3.8) is 0 Å². The maximum absolute atomic E-state index is 15.3. The molecule has 0 radical (unpaired) electrons. The number of carbonyl (C=O) groups is 4. The lowest BCUT2D eigenvalue weighted by Gasteiger charge is -2.50. The molecule has 54 heavy (non-hydrogen) atoms. The first-order valence-corrected chi connectivity index (χ1v) is 17.9. The van der Waals surface area contributed by atoms with Crippen molar-refractivity contribution < 1.29 is 43.5 Å². The van der Waals surface area contributed by atoms with Gasteiger partial charge >= 0.3 is 7.12 Å². The molecule has 4 N–H and O–H groups in total. The number of hydrogen-bond donors (Lipinski definition) is 4. The molecule has 8 rings (SSSR count). The van der Waals surface area contributed by atoms with E-state index in [-0.39, 0.29) is 46.2 Å². The quantitative estimate of drug-likeness (QED) is 0.119. The topological polar surface area (TPSA) is 157 Å². The number of carbonyl (C=O) groups excluding carboxylic acids is 4. The zero-order chi connectivity index (χ0) is 38.2. The van der Waals surface area contributed by atoms with Crippen molar-refractivity contribution in [3.8, 4) is 11.5 Å². The zero-order valence-corrected chi connectivity index (χ0v) is 30.0. The van der Waals surface area contributed by atoms with Gasteiger partial charge in [0.05, 0.1) is 46.7 Å². The van der Waals surface area contributed by atoms with Crippen LogP contribution in [-0.4, -0.2) is 58.0 Å². The summed E-state index contributed by atoms with van der Waals surface area (Å²) in [6.07, 6.45) is 1.97. The van der Waals surface area contributed by atoms with Crippen LogP contribution in [0.3, 0.4) is 0 Å². The molecule has 0 bridgehead atoms. The largest absolute Gasteiger partial charge is 0.503 e. The van der Waals surface area contributed by atoms with Gasteiger partial charge in [0.1, 0.15) is 5.82 Å². The lowest BCUT2D eigenvalue weighted by molar-refractivity contribution is -0.138. The fourth-order valence-electron chi connectivity index (χ4n) is 9.03. The molecule has 6 atom stereocenters. The van der Waals surface area contributed by atoms with Crippen LogP contribution in [0.1, 0.15) is 29.9 Å². The molecule has 4 aromatic carbocycles. The van der Waals surface area contributed by atoms with Gasteiger partial charge in [-0.2, -0.15) is 5.01 Å². The van der Waals surface area contributed by atoms with E-state index in [0.29, 0.717) is 21.7 Å². The number of fused-ring (bicyclic) bond motifs is 4. The molecule has 2 heterocycles. The van der Waals surface area contributed by atoms with E-state index in [0.717, 1.165) is 9.91 Å². The summed E-state index contributed by atoms with van der Waals surface area (Å²) in [6.45, 7) is 0. The Hall–Kier alpha value is -5.21. The van der Waals surface area contributed by atoms with Crippen molar-refractivity contribution in [3.05, 3.63) is 124 Å². The minimum absolute atomic E-state index is 0.0104. The summed E-state index contributed by atoms with van der Waals surface area (Å²) < 4.78 is 19.4. The number of amides is 4. The van der Waals surface area contributed by atoms with Gasteiger partial charge < -0.3 is 19.9 Å². The van der Waals surface area contributed by atoms with Crippen LogP contribution in [0.5, 0.6) is 11.5 Å². The van der Waals surface area contributed by atoms with E-state index in [9.17, 15) is 33.9 Å². The van der Waals surface area contributed by atoms with E-state index in [4.69, 9.17) is 27.9 Å². The highest BCUT2D eigenvalue weighted by atomic mass is 35.5. The zero-order valence-electron chi connectivity index (χ0n) is 28.4. The maximum Gasteiger partial charge on any atom is 0.488 e. The normalized spacial score (nSPS) is 26.0. The van der Waals surface area contributed by atoms with Crippen LogP contribution >= 0.6 is 23.2 Å². The number of allylic oxidation sites excluding steroid dienone is 2. The van der Waals surface area contributed by atoms with Crippen molar-refractivity contribution in [2.45, 2.75) is 24.2 Å². The van der Waals surface area contributed by atoms with Crippen molar-refractivity contribution in [1.82, 2.24) is 5.01 Å².